The number of nitrogens with zero attached hydrogens (tertiary/aromatic N) is 6. The number of nitrogens with one attached hydrogen (secondary N) is 1. The highest BCUT2D eigenvalue weighted by atomic mass is 19.1. The van der Waals surface area contributed by atoms with Crippen molar-refractivity contribution in [3.8, 4) is 11.6 Å². The Hall–Kier alpha value is -3.38. The highest BCUT2D eigenvalue weighted by Crippen LogP contribution is 2.45. The van der Waals surface area contributed by atoms with Crippen molar-refractivity contribution in [3.05, 3.63) is 35.9 Å². The molecule has 2 spiro atoms. The van der Waals surface area contributed by atoms with Crippen LogP contribution >= 0.6 is 0 Å². The molecule has 1 aromatic carbocycles. The van der Waals surface area contributed by atoms with E-state index in [-0.39, 0.29) is 58.0 Å². The van der Waals surface area contributed by atoms with E-state index in [0.717, 1.165) is 77.7 Å². The van der Waals surface area contributed by atoms with Crippen LogP contribution < -0.4 is 15.0 Å². The van der Waals surface area contributed by atoms with Gasteiger partial charge in [-0.25, -0.2) is 9.37 Å². The van der Waals surface area contributed by atoms with E-state index in [9.17, 15) is 14.0 Å². The van der Waals surface area contributed by atoms with E-state index in [1.54, 1.807) is 12.0 Å². The van der Waals surface area contributed by atoms with Crippen LogP contribution in [0.15, 0.2) is 24.5 Å². The second-order valence-corrected chi connectivity index (χ2v) is 15.0. The first-order chi connectivity index (χ1) is 22.5. The predicted octanol–water partition coefficient (Wildman–Crippen LogP) is 4.68. The molecule has 0 radical (unpaired) electrons. The zero-order valence-electron chi connectivity index (χ0n) is 28.5. The first-order valence-corrected chi connectivity index (χ1v) is 17.3. The van der Waals surface area contributed by atoms with Crippen LogP contribution in [0.2, 0.25) is 0 Å². The molecule has 3 saturated heterocycles. The molecule has 4 heterocycles. The highest BCUT2D eigenvalue weighted by molar-refractivity contribution is 5.97. The summed E-state index contributed by atoms with van der Waals surface area (Å²) in [6, 6.07) is 3.85. The van der Waals surface area contributed by atoms with E-state index < -0.39 is 5.82 Å². The van der Waals surface area contributed by atoms with Crippen LogP contribution in [0.25, 0.3) is 0 Å². The van der Waals surface area contributed by atoms with E-state index in [1.807, 2.05) is 27.7 Å². The van der Waals surface area contributed by atoms with E-state index in [2.05, 4.69) is 30.3 Å². The molecule has 6 rings (SSSR count). The van der Waals surface area contributed by atoms with Gasteiger partial charge in [-0.2, -0.15) is 0 Å². The summed E-state index contributed by atoms with van der Waals surface area (Å²) in [7, 11) is 1.67. The fourth-order valence-corrected chi connectivity index (χ4v) is 8.47. The smallest absolute Gasteiger partial charge is 0.282 e. The standard InChI is InChI=1S/C35H50FN7O4/c1-23(2)43(24(3)4)33(45)28-16-27(36)6-7-29(28)47-32-30(37-22-38-40-32)42-20-34(21-42)12-14-41(15-13-34)18-25-8-10-35(11-9-25)17-26(19-46-5)31(44)39-35/h6-7,16,22-26H,8-15,17-21H2,1-5H3,(H,39,44)/t25?,26-,35?/m1/s1. The first kappa shape index (κ1) is 33.5. The average molecular weight is 652 g/mol. The number of piperidine rings is 1. The van der Waals surface area contributed by atoms with Gasteiger partial charge in [0.2, 0.25) is 5.91 Å². The number of aromatic nitrogens is 3. The molecule has 1 N–H and O–H groups in total. The van der Waals surface area contributed by atoms with Gasteiger partial charge < -0.3 is 29.5 Å². The van der Waals surface area contributed by atoms with Gasteiger partial charge in [-0.05, 0) is 110 Å². The lowest BCUT2D eigenvalue weighted by Gasteiger charge is -2.54. The Balaban J connectivity index is 1.03. The van der Waals surface area contributed by atoms with Gasteiger partial charge >= 0.3 is 0 Å². The lowest BCUT2D eigenvalue weighted by atomic mass is 9.71. The fraction of sp³-hybridized carbons (Fsp3) is 0.686. The van der Waals surface area contributed by atoms with Crippen molar-refractivity contribution < 1.29 is 23.5 Å². The topological polar surface area (TPSA) is 113 Å². The number of likely N-dealkylation sites (tertiary alicyclic amines) is 1. The fourth-order valence-electron chi connectivity index (χ4n) is 8.47. The molecule has 12 heteroatoms. The molecule has 4 aliphatic rings. The third-order valence-electron chi connectivity index (χ3n) is 10.9. The second-order valence-electron chi connectivity index (χ2n) is 15.0. The summed E-state index contributed by atoms with van der Waals surface area (Å²) < 4.78 is 25.8. The van der Waals surface area contributed by atoms with Gasteiger partial charge in [-0.3, -0.25) is 9.59 Å². The largest absolute Gasteiger partial charge is 0.434 e. The van der Waals surface area contributed by atoms with Crippen molar-refractivity contribution in [2.45, 2.75) is 90.3 Å². The molecule has 1 atom stereocenters. The van der Waals surface area contributed by atoms with Crippen molar-refractivity contribution in [2.75, 3.05) is 51.3 Å². The minimum Gasteiger partial charge on any atom is -0.434 e. The number of carbonyl (C=O) groups is 2. The monoisotopic (exact) mass is 651 g/mol. The number of amides is 2. The molecule has 2 aromatic rings. The molecule has 1 aromatic heterocycles. The van der Waals surface area contributed by atoms with Crippen molar-refractivity contribution in [1.29, 1.82) is 0 Å². The molecule has 11 nitrogen and oxygen atoms in total. The summed E-state index contributed by atoms with van der Waals surface area (Å²) in [5, 5.41) is 11.5. The minimum atomic E-state index is -0.507. The van der Waals surface area contributed by atoms with Crippen LogP contribution in [0, 0.1) is 23.1 Å². The summed E-state index contributed by atoms with van der Waals surface area (Å²) in [6.45, 7) is 13.3. The van der Waals surface area contributed by atoms with Gasteiger partial charge in [-0.15, -0.1) is 10.2 Å². The molecule has 1 saturated carbocycles. The van der Waals surface area contributed by atoms with Crippen LogP contribution in [0.1, 0.15) is 83.0 Å². The lowest BCUT2D eigenvalue weighted by Crippen LogP contribution is -2.61. The van der Waals surface area contributed by atoms with E-state index in [1.165, 1.54) is 24.5 Å². The van der Waals surface area contributed by atoms with Crippen molar-refractivity contribution >= 4 is 17.6 Å². The summed E-state index contributed by atoms with van der Waals surface area (Å²) in [5.74, 6) is 1.05. The average Bonchev–Trinajstić information content (AvgIpc) is 3.32. The molecule has 4 fully saturated rings. The van der Waals surface area contributed by atoms with Gasteiger partial charge in [0.25, 0.3) is 11.8 Å². The van der Waals surface area contributed by atoms with E-state index in [0.29, 0.717) is 18.3 Å². The molecule has 0 bridgehead atoms. The molecule has 256 valence electrons. The predicted molar refractivity (Wildman–Crippen MR) is 176 cm³/mol. The van der Waals surface area contributed by atoms with Crippen LogP contribution in [-0.4, -0.2) is 101 Å². The number of methoxy groups -OCH3 is 1. The highest BCUT2D eigenvalue weighted by Gasteiger charge is 2.48. The normalized spacial score (nSPS) is 25.8. The van der Waals surface area contributed by atoms with Crippen molar-refractivity contribution in [3.63, 3.8) is 0 Å². The third-order valence-corrected chi connectivity index (χ3v) is 10.9. The van der Waals surface area contributed by atoms with Crippen LogP contribution in [-0.2, 0) is 9.53 Å². The quantitative estimate of drug-likeness (QED) is 0.392. The summed E-state index contributed by atoms with van der Waals surface area (Å²) in [5.41, 5.74) is 0.353. The van der Waals surface area contributed by atoms with Gasteiger partial charge in [0.05, 0.1) is 18.1 Å². The summed E-state index contributed by atoms with van der Waals surface area (Å²) in [6.07, 6.45) is 9.02. The molecule has 1 aliphatic carbocycles. The van der Waals surface area contributed by atoms with Crippen LogP contribution in [0.5, 0.6) is 11.6 Å². The Morgan fingerprint density at radius 2 is 1.81 bits per heavy atom. The number of halogens is 1. The molecular weight excluding hydrogens is 601 g/mol. The maximum absolute atomic E-state index is 14.4. The Kier molecular flexibility index (Phi) is 9.71. The molecular formula is C35H50FN7O4. The zero-order chi connectivity index (χ0) is 33.3. The molecule has 3 aliphatic heterocycles. The second kappa shape index (κ2) is 13.6. The maximum Gasteiger partial charge on any atom is 0.282 e. The zero-order valence-corrected chi connectivity index (χ0v) is 28.5. The number of benzene rings is 1. The number of hydrogen-bond acceptors (Lipinski definition) is 9. The van der Waals surface area contributed by atoms with Gasteiger partial charge in [-0.1, -0.05) is 0 Å². The summed E-state index contributed by atoms with van der Waals surface area (Å²) in [4.78, 5) is 37.0. The van der Waals surface area contributed by atoms with Gasteiger partial charge in [0, 0.05) is 49.8 Å². The number of anilines is 1. The number of ether oxygens (including phenoxy) is 2. The van der Waals surface area contributed by atoms with Gasteiger partial charge in [0.15, 0.2) is 5.82 Å². The Labute approximate surface area is 277 Å². The maximum atomic E-state index is 14.4. The van der Waals surface area contributed by atoms with E-state index in [4.69, 9.17) is 9.47 Å². The van der Waals surface area contributed by atoms with E-state index >= 15 is 0 Å². The third kappa shape index (κ3) is 7.09. The van der Waals surface area contributed by atoms with Crippen molar-refractivity contribution in [2.24, 2.45) is 17.3 Å². The Morgan fingerprint density at radius 1 is 1.11 bits per heavy atom. The Morgan fingerprint density at radius 3 is 2.47 bits per heavy atom. The van der Waals surface area contributed by atoms with Crippen LogP contribution in [0.3, 0.4) is 0 Å². The Bertz CT molecular complexity index is 1420. The number of hydrogen-bond donors (Lipinski definition) is 1. The van der Waals surface area contributed by atoms with Gasteiger partial charge in [0.1, 0.15) is 17.9 Å². The molecule has 2 amide bonds. The van der Waals surface area contributed by atoms with Crippen LogP contribution in [0.4, 0.5) is 10.2 Å². The SMILES string of the molecule is COC[C@H]1CC2(CCC(CN3CCC4(CC3)CN(c3ncnnc3Oc3ccc(F)cc3C(=O)N(C(C)C)C(C)C)C4)CC2)NC1=O. The lowest BCUT2D eigenvalue weighted by molar-refractivity contribution is -0.124. The first-order valence-electron chi connectivity index (χ1n) is 17.3. The number of carbonyl (C=O) groups excluding carboxylic acids is 2. The minimum absolute atomic E-state index is 0.00683. The number of rotatable bonds is 10. The molecule has 47 heavy (non-hydrogen) atoms. The van der Waals surface area contributed by atoms with Crippen molar-refractivity contribution in [1.82, 2.24) is 30.3 Å². The molecule has 0 unspecified atom stereocenters. The summed E-state index contributed by atoms with van der Waals surface area (Å²) >= 11 is 0.